The molecular formula is C9H6N2O5. The zero-order chi connectivity index (χ0) is 11.7. The van der Waals surface area contributed by atoms with Gasteiger partial charge in [0.05, 0.1) is 10.4 Å². The molecule has 0 fully saturated rings. The van der Waals surface area contributed by atoms with E-state index in [1.54, 1.807) is 0 Å². The lowest BCUT2D eigenvalue weighted by Gasteiger charge is -1.96. The van der Waals surface area contributed by atoms with E-state index >= 15 is 0 Å². The molecule has 0 saturated carbocycles. The molecule has 1 heterocycles. The lowest BCUT2D eigenvalue weighted by molar-refractivity contribution is -0.384. The minimum absolute atomic E-state index is 0.0729. The monoisotopic (exact) mass is 222 g/mol. The number of non-ortho nitro benzene ring substituents is 1. The molecule has 1 aromatic carbocycles. The smallest absolute Gasteiger partial charge is 0.449 e. The molecule has 0 atom stereocenters. The topological polar surface area (TPSA) is 105 Å². The molecule has 2 aromatic rings. The fourth-order valence-electron chi connectivity index (χ4n) is 1.38. The van der Waals surface area contributed by atoms with E-state index in [1.165, 1.54) is 24.4 Å². The van der Waals surface area contributed by atoms with Gasteiger partial charge >= 0.3 is 6.16 Å². The van der Waals surface area contributed by atoms with E-state index in [-0.39, 0.29) is 11.4 Å². The minimum Gasteiger partial charge on any atom is -0.449 e. The standard InChI is InChI=1S/C9H6N2O5/c12-9(13)16-8-4-10-7-3-5(11(14)15)1-2-6(7)8/h1-4,10H,(H,12,13). The van der Waals surface area contributed by atoms with Crippen molar-refractivity contribution in [2.45, 2.75) is 0 Å². The first-order valence-electron chi connectivity index (χ1n) is 4.24. The number of carboxylic acid groups (broad SMARTS) is 1. The summed E-state index contributed by atoms with van der Waals surface area (Å²) in [7, 11) is 0. The molecule has 0 bridgehead atoms. The first-order chi connectivity index (χ1) is 7.58. The molecule has 0 aliphatic carbocycles. The van der Waals surface area contributed by atoms with E-state index in [2.05, 4.69) is 9.72 Å². The second-order valence-corrected chi connectivity index (χ2v) is 3.01. The van der Waals surface area contributed by atoms with Gasteiger partial charge < -0.3 is 14.8 Å². The maximum absolute atomic E-state index is 10.5. The van der Waals surface area contributed by atoms with Gasteiger partial charge in [0.15, 0.2) is 5.75 Å². The van der Waals surface area contributed by atoms with Crippen LogP contribution in [0.25, 0.3) is 10.9 Å². The number of nitro benzene ring substituents is 1. The fourth-order valence-corrected chi connectivity index (χ4v) is 1.38. The van der Waals surface area contributed by atoms with Crippen LogP contribution < -0.4 is 4.74 Å². The summed E-state index contributed by atoms with van der Waals surface area (Å²) >= 11 is 0. The largest absolute Gasteiger partial charge is 0.511 e. The number of nitro groups is 1. The van der Waals surface area contributed by atoms with E-state index in [0.717, 1.165) is 0 Å². The predicted octanol–water partition coefficient (Wildman–Crippen LogP) is 2.13. The van der Waals surface area contributed by atoms with E-state index in [1.807, 2.05) is 0 Å². The Kier molecular flexibility index (Phi) is 2.20. The number of fused-ring (bicyclic) bond motifs is 1. The van der Waals surface area contributed by atoms with E-state index < -0.39 is 11.1 Å². The summed E-state index contributed by atoms with van der Waals surface area (Å²) in [5.74, 6) is 0.123. The molecule has 7 heteroatoms. The zero-order valence-corrected chi connectivity index (χ0v) is 7.84. The molecule has 0 unspecified atom stereocenters. The number of hydrogen-bond donors (Lipinski definition) is 2. The Morgan fingerprint density at radius 2 is 2.25 bits per heavy atom. The van der Waals surface area contributed by atoms with Crippen LogP contribution in [-0.2, 0) is 0 Å². The molecule has 82 valence electrons. The Hall–Kier alpha value is -2.57. The van der Waals surface area contributed by atoms with Gasteiger partial charge in [-0.05, 0) is 6.07 Å². The van der Waals surface area contributed by atoms with Gasteiger partial charge in [0.2, 0.25) is 0 Å². The quantitative estimate of drug-likeness (QED) is 0.460. The molecule has 1 aromatic heterocycles. The molecule has 0 spiro atoms. The number of nitrogens with zero attached hydrogens (tertiary/aromatic N) is 1. The van der Waals surface area contributed by atoms with Crippen LogP contribution in [0.4, 0.5) is 10.5 Å². The minimum atomic E-state index is -1.43. The highest BCUT2D eigenvalue weighted by molar-refractivity contribution is 5.89. The second-order valence-electron chi connectivity index (χ2n) is 3.01. The normalized spacial score (nSPS) is 10.2. The molecule has 2 rings (SSSR count). The van der Waals surface area contributed by atoms with Crippen molar-refractivity contribution >= 4 is 22.7 Å². The van der Waals surface area contributed by atoms with Crippen LogP contribution in [0.5, 0.6) is 5.75 Å². The van der Waals surface area contributed by atoms with Crippen LogP contribution in [-0.4, -0.2) is 21.2 Å². The van der Waals surface area contributed by atoms with Crippen LogP contribution in [0.15, 0.2) is 24.4 Å². The molecular weight excluding hydrogens is 216 g/mol. The van der Waals surface area contributed by atoms with Crippen LogP contribution in [0.3, 0.4) is 0 Å². The summed E-state index contributed by atoms with van der Waals surface area (Å²) in [5.41, 5.74) is 0.377. The number of aromatic nitrogens is 1. The van der Waals surface area contributed by atoms with E-state index in [9.17, 15) is 14.9 Å². The van der Waals surface area contributed by atoms with Crippen molar-refractivity contribution < 1.29 is 19.6 Å². The SMILES string of the molecule is O=C(O)Oc1c[nH]c2cc([N+](=O)[O-])ccc12. The number of ether oxygens (including phenoxy) is 1. The maximum Gasteiger partial charge on any atom is 0.511 e. The first-order valence-corrected chi connectivity index (χ1v) is 4.24. The number of aromatic amines is 1. The molecule has 0 aliphatic heterocycles. The van der Waals surface area contributed by atoms with Crippen molar-refractivity contribution in [3.05, 3.63) is 34.5 Å². The summed E-state index contributed by atoms with van der Waals surface area (Å²) in [6.45, 7) is 0. The van der Waals surface area contributed by atoms with Gasteiger partial charge in [0.25, 0.3) is 5.69 Å². The van der Waals surface area contributed by atoms with Crippen molar-refractivity contribution in [1.82, 2.24) is 4.98 Å². The molecule has 0 saturated heterocycles. The molecule has 16 heavy (non-hydrogen) atoms. The fraction of sp³-hybridized carbons (Fsp3) is 0. The van der Waals surface area contributed by atoms with Crippen molar-refractivity contribution in [2.75, 3.05) is 0 Å². The Balaban J connectivity index is 2.50. The Morgan fingerprint density at radius 3 is 2.88 bits per heavy atom. The first kappa shape index (κ1) is 9.97. The number of benzene rings is 1. The third kappa shape index (κ3) is 1.65. The van der Waals surface area contributed by atoms with Crippen molar-refractivity contribution in [2.24, 2.45) is 0 Å². The molecule has 0 amide bonds. The maximum atomic E-state index is 10.5. The number of hydrogen-bond acceptors (Lipinski definition) is 4. The second kappa shape index (κ2) is 3.54. The molecule has 0 radical (unpaired) electrons. The van der Waals surface area contributed by atoms with Crippen LogP contribution in [0.1, 0.15) is 0 Å². The summed E-state index contributed by atoms with van der Waals surface area (Å²) in [6, 6.07) is 4.02. The molecule has 0 aliphatic rings. The Morgan fingerprint density at radius 1 is 1.50 bits per heavy atom. The third-order valence-corrected chi connectivity index (χ3v) is 2.04. The van der Waals surface area contributed by atoms with Gasteiger partial charge in [-0.3, -0.25) is 10.1 Å². The van der Waals surface area contributed by atoms with Crippen LogP contribution in [0, 0.1) is 10.1 Å². The van der Waals surface area contributed by atoms with Gasteiger partial charge in [0, 0.05) is 23.7 Å². The lowest BCUT2D eigenvalue weighted by Crippen LogP contribution is -2.02. The van der Waals surface area contributed by atoms with E-state index in [0.29, 0.717) is 10.9 Å². The van der Waals surface area contributed by atoms with Gasteiger partial charge in [-0.1, -0.05) is 0 Å². The highest BCUT2D eigenvalue weighted by Crippen LogP contribution is 2.28. The van der Waals surface area contributed by atoms with Crippen LogP contribution in [0.2, 0.25) is 0 Å². The molecule has 2 N–H and O–H groups in total. The van der Waals surface area contributed by atoms with Crippen molar-refractivity contribution in [3.63, 3.8) is 0 Å². The molecule has 7 nitrogen and oxygen atoms in total. The van der Waals surface area contributed by atoms with E-state index in [4.69, 9.17) is 5.11 Å². The predicted molar refractivity (Wildman–Crippen MR) is 53.6 cm³/mol. The summed E-state index contributed by atoms with van der Waals surface area (Å²) < 4.78 is 4.48. The highest BCUT2D eigenvalue weighted by Gasteiger charge is 2.12. The Bertz CT molecular complexity index is 574. The number of rotatable bonds is 2. The number of carbonyl (C=O) groups is 1. The average Bonchev–Trinajstić information content (AvgIpc) is 2.60. The average molecular weight is 222 g/mol. The zero-order valence-electron chi connectivity index (χ0n) is 7.84. The van der Waals surface area contributed by atoms with Gasteiger partial charge in [-0.15, -0.1) is 0 Å². The Labute approximate surface area is 88.4 Å². The van der Waals surface area contributed by atoms with Crippen molar-refractivity contribution in [1.29, 1.82) is 0 Å². The van der Waals surface area contributed by atoms with Gasteiger partial charge in [-0.25, -0.2) is 4.79 Å². The summed E-state index contributed by atoms with van der Waals surface area (Å²) in [5, 5.41) is 19.4. The van der Waals surface area contributed by atoms with Gasteiger partial charge in [0.1, 0.15) is 0 Å². The highest BCUT2D eigenvalue weighted by atomic mass is 16.7. The number of nitrogens with one attached hydrogen (secondary N) is 1. The van der Waals surface area contributed by atoms with Crippen molar-refractivity contribution in [3.8, 4) is 5.75 Å². The summed E-state index contributed by atoms with van der Waals surface area (Å²) in [4.78, 5) is 23.0. The number of H-pyrrole nitrogens is 1. The lowest BCUT2D eigenvalue weighted by atomic mass is 10.2. The third-order valence-electron chi connectivity index (χ3n) is 2.04. The van der Waals surface area contributed by atoms with Gasteiger partial charge in [-0.2, -0.15) is 0 Å². The van der Waals surface area contributed by atoms with Crippen LogP contribution >= 0.6 is 0 Å². The summed E-state index contributed by atoms with van der Waals surface area (Å²) in [6.07, 6.45) is -0.0954.